The van der Waals surface area contributed by atoms with E-state index in [0.29, 0.717) is 24.1 Å². The molecule has 92 valence electrons. The topological polar surface area (TPSA) is 75.1 Å². The Hall–Kier alpha value is -1.69. The molecule has 0 aliphatic carbocycles. The number of aromatic nitrogens is 4. The van der Waals surface area contributed by atoms with Crippen molar-refractivity contribution in [1.82, 2.24) is 24.9 Å². The van der Waals surface area contributed by atoms with Crippen LogP contribution in [0.3, 0.4) is 0 Å². The number of aryl methyl sites for hydroxylation is 1. The highest BCUT2D eigenvalue weighted by molar-refractivity contribution is 5.27. The molecule has 0 fully saturated rings. The van der Waals surface area contributed by atoms with Gasteiger partial charge in [-0.2, -0.15) is 9.50 Å². The monoisotopic (exact) mass is 235 g/mol. The van der Waals surface area contributed by atoms with Crippen molar-refractivity contribution in [2.24, 2.45) is 0 Å². The Morgan fingerprint density at radius 2 is 2.29 bits per heavy atom. The van der Waals surface area contributed by atoms with E-state index in [0.717, 1.165) is 12.2 Å². The molecule has 0 amide bonds. The van der Waals surface area contributed by atoms with Gasteiger partial charge in [0.2, 0.25) is 0 Å². The van der Waals surface area contributed by atoms with Gasteiger partial charge in [-0.05, 0) is 20.3 Å². The Labute approximate surface area is 99.1 Å². The molecule has 0 aromatic carbocycles. The maximum atomic E-state index is 11.6. The van der Waals surface area contributed by atoms with E-state index in [4.69, 9.17) is 0 Å². The first-order chi connectivity index (χ1) is 8.10. The number of H-pyrrole nitrogens is 1. The molecule has 2 rings (SSSR count). The van der Waals surface area contributed by atoms with Gasteiger partial charge in [0.25, 0.3) is 11.3 Å². The fraction of sp³-hybridized carbons (Fsp3) is 0.545. The third kappa shape index (κ3) is 2.52. The van der Waals surface area contributed by atoms with Crippen LogP contribution in [0, 0.1) is 6.92 Å². The van der Waals surface area contributed by atoms with E-state index in [1.54, 1.807) is 6.92 Å². The summed E-state index contributed by atoms with van der Waals surface area (Å²) in [5.74, 6) is 1.15. The Morgan fingerprint density at radius 3 is 3.00 bits per heavy atom. The highest BCUT2D eigenvalue weighted by Crippen LogP contribution is 1.97. The molecule has 6 nitrogen and oxygen atoms in total. The zero-order valence-electron chi connectivity index (χ0n) is 10.3. The first-order valence-corrected chi connectivity index (χ1v) is 5.79. The van der Waals surface area contributed by atoms with Crippen LogP contribution in [0.1, 0.15) is 31.8 Å². The summed E-state index contributed by atoms with van der Waals surface area (Å²) in [6.07, 6.45) is 1.05. The molecule has 0 saturated heterocycles. The summed E-state index contributed by atoms with van der Waals surface area (Å²) in [6.45, 7) is 6.62. The molecule has 0 radical (unpaired) electrons. The van der Waals surface area contributed by atoms with Gasteiger partial charge in [-0.1, -0.05) is 6.92 Å². The third-order valence-electron chi connectivity index (χ3n) is 2.74. The van der Waals surface area contributed by atoms with E-state index in [2.05, 4.69) is 34.2 Å². The van der Waals surface area contributed by atoms with Gasteiger partial charge in [0.15, 0.2) is 0 Å². The van der Waals surface area contributed by atoms with Crippen LogP contribution in [0.2, 0.25) is 0 Å². The predicted molar refractivity (Wildman–Crippen MR) is 64.9 cm³/mol. The minimum Gasteiger partial charge on any atom is -0.307 e. The van der Waals surface area contributed by atoms with E-state index < -0.39 is 0 Å². The first kappa shape index (κ1) is 11.8. The maximum Gasteiger partial charge on any atom is 0.274 e. The number of nitrogens with one attached hydrogen (secondary N) is 2. The maximum absolute atomic E-state index is 11.6. The summed E-state index contributed by atoms with van der Waals surface area (Å²) < 4.78 is 1.36. The Balaban J connectivity index is 2.26. The Morgan fingerprint density at radius 1 is 1.53 bits per heavy atom. The molecule has 17 heavy (non-hydrogen) atoms. The second kappa shape index (κ2) is 4.67. The van der Waals surface area contributed by atoms with Crippen molar-refractivity contribution in [2.75, 3.05) is 0 Å². The largest absolute Gasteiger partial charge is 0.307 e. The molecule has 2 aromatic heterocycles. The highest BCUT2D eigenvalue weighted by Gasteiger charge is 2.06. The fourth-order valence-corrected chi connectivity index (χ4v) is 1.53. The van der Waals surface area contributed by atoms with Gasteiger partial charge < -0.3 is 5.32 Å². The van der Waals surface area contributed by atoms with Gasteiger partial charge >= 0.3 is 0 Å². The van der Waals surface area contributed by atoms with Crippen LogP contribution in [0.15, 0.2) is 10.9 Å². The SMILES string of the molecule is CCC(C)NCc1nc2nc(C)cc(=O)n2[nH]1. The lowest BCUT2D eigenvalue weighted by atomic mass is 10.2. The number of hydrogen-bond donors (Lipinski definition) is 2. The average molecular weight is 235 g/mol. The average Bonchev–Trinajstić information content (AvgIpc) is 2.69. The second-order valence-corrected chi connectivity index (χ2v) is 4.23. The highest BCUT2D eigenvalue weighted by atomic mass is 16.1. The second-order valence-electron chi connectivity index (χ2n) is 4.23. The van der Waals surface area contributed by atoms with Crippen LogP contribution in [0.4, 0.5) is 0 Å². The Kier molecular flexibility index (Phi) is 3.23. The lowest BCUT2D eigenvalue weighted by Crippen LogP contribution is -2.25. The van der Waals surface area contributed by atoms with Crippen LogP contribution in [-0.2, 0) is 6.54 Å². The number of hydrogen-bond acceptors (Lipinski definition) is 4. The van der Waals surface area contributed by atoms with Gasteiger partial charge in [0.1, 0.15) is 5.82 Å². The molecule has 6 heteroatoms. The quantitative estimate of drug-likeness (QED) is 0.814. The summed E-state index contributed by atoms with van der Waals surface area (Å²) >= 11 is 0. The molecule has 0 saturated carbocycles. The number of rotatable bonds is 4. The molecule has 2 N–H and O–H groups in total. The van der Waals surface area contributed by atoms with Gasteiger partial charge in [-0.3, -0.25) is 9.89 Å². The number of fused-ring (bicyclic) bond motifs is 1. The minimum absolute atomic E-state index is 0.130. The van der Waals surface area contributed by atoms with Crippen molar-refractivity contribution in [1.29, 1.82) is 0 Å². The number of aromatic amines is 1. The summed E-state index contributed by atoms with van der Waals surface area (Å²) in [5.41, 5.74) is 0.553. The molecule has 1 unspecified atom stereocenters. The predicted octanol–water partition coefficient (Wildman–Crippen LogP) is 0.614. The zero-order valence-corrected chi connectivity index (χ0v) is 10.3. The van der Waals surface area contributed by atoms with Gasteiger partial charge in [-0.25, -0.2) is 4.98 Å². The summed E-state index contributed by atoms with van der Waals surface area (Å²) in [5, 5.41) is 6.25. The lowest BCUT2D eigenvalue weighted by Gasteiger charge is -2.08. The standard InChI is InChI=1S/C11H17N5O/c1-4-7(2)12-6-9-14-11-13-8(3)5-10(17)16(11)15-9/h5,7,12H,4,6H2,1-3H3,(H,13,14,15). The van der Waals surface area contributed by atoms with Crippen molar-refractivity contribution >= 4 is 5.78 Å². The van der Waals surface area contributed by atoms with E-state index in [1.807, 2.05) is 0 Å². The van der Waals surface area contributed by atoms with Gasteiger partial charge in [-0.15, -0.1) is 0 Å². The van der Waals surface area contributed by atoms with Crippen LogP contribution < -0.4 is 10.9 Å². The van der Waals surface area contributed by atoms with Crippen molar-refractivity contribution in [3.05, 3.63) is 27.9 Å². The Bertz CT molecular complexity index is 571. The minimum atomic E-state index is -0.130. The van der Waals surface area contributed by atoms with Crippen molar-refractivity contribution in [3.8, 4) is 0 Å². The third-order valence-corrected chi connectivity index (χ3v) is 2.74. The van der Waals surface area contributed by atoms with E-state index in [1.165, 1.54) is 10.6 Å². The summed E-state index contributed by atoms with van der Waals surface area (Å²) in [6, 6.07) is 1.91. The van der Waals surface area contributed by atoms with Crippen molar-refractivity contribution < 1.29 is 0 Å². The molecule has 1 atom stereocenters. The zero-order chi connectivity index (χ0) is 12.4. The molecule has 0 bridgehead atoms. The van der Waals surface area contributed by atoms with E-state index >= 15 is 0 Å². The molecular weight excluding hydrogens is 218 g/mol. The summed E-state index contributed by atoms with van der Waals surface area (Å²) in [7, 11) is 0. The van der Waals surface area contributed by atoms with Crippen LogP contribution in [0.25, 0.3) is 5.78 Å². The first-order valence-electron chi connectivity index (χ1n) is 5.79. The van der Waals surface area contributed by atoms with Crippen LogP contribution in [0.5, 0.6) is 0 Å². The fourth-order valence-electron chi connectivity index (χ4n) is 1.53. The normalized spacial score (nSPS) is 13.1. The smallest absolute Gasteiger partial charge is 0.274 e. The van der Waals surface area contributed by atoms with Gasteiger partial charge in [0.05, 0.1) is 6.54 Å². The van der Waals surface area contributed by atoms with Crippen molar-refractivity contribution in [2.45, 2.75) is 39.8 Å². The molecule has 0 aliphatic heterocycles. The molecule has 2 aromatic rings. The number of nitrogens with zero attached hydrogens (tertiary/aromatic N) is 3. The molecule has 2 heterocycles. The molecule has 0 aliphatic rings. The summed E-state index contributed by atoms with van der Waals surface area (Å²) in [4.78, 5) is 20.1. The van der Waals surface area contributed by atoms with Crippen molar-refractivity contribution in [3.63, 3.8) is 0 Å². The van der Waals surface area contributed by atoms with Crippen LogP contribution >= 0.6 is 0 Å². The van der Waals surface area contributed by atoms with E-state index in [-0.39, 0.29) is 5.56 Å². The molecule has 0 spiro atoms. The lowest BCUT2D eigenvalue weighted by molar-refractivity contribution is 0.523. The van der Waals surface area contributed by atoms with E-state index in [9.17, 15) is 4.79 Å². The molecular formula is C11H17N5O. The van der Waals surface area contributed by atoms with Gasteiger partial charge in [0, 0.05) is 17.8 Å². The van der Waals surface area contributed by atoms with Crippen LogP contribution in [-0.4, -0.2) is 25.6 Å².